The van der Waals surface area contributed by atoms with Gasteiger partial charge in [0, 0.05) is 18.7 Å². The van der Waals surface area contributed by atoms with Gasteiger partial charge in [-0.05, 0) is 19.1 Å². The average Bonchev–Trinajstić information content (AvgIpc) is 2.51. The van der Waals surface area contributed by atoms with Crippen LogP contribution in [0.15, 0.2) is 24.3 Å². The maximum Gasteiger partial charge on any atom is 0.255 e. The summed E-state index contributed by atoms with van der Waals surface area (Å²) in [5.41, 5.74) is 1.10. The van der Waals surface area contributed by atoms with E-state index >= 15 is 0 Å². The average molecular weight is 289 g/mol. The van der Waals surface area contributed by atoms with Crippen LogP contribution in [0.4, 0.5) is 0 Å². The first-order chi connectivity index (χ1) is 10.2. The minimum atomic E-state index is -0.353. The number of carbonyl (C=O) groups excluding carboxylic acids is 1. The molecule has 1 aliphatic rings. The van der Waals surface area contributed by atoms with Crippen molar-refractivity contribution < 1.29 is 19.7 Å². The Morgan fingerprint density at radius 3 is 2.86 bits per heavy atom. The maximum atomic E-state index is 12.6. The third-order valence-corrected chi connectivity index (χ3v) is 3.28. The van der Waals surface area contributed by atoms with Gasteiger partial charge in [0.2, 0.25) is 0 Å². The van der Waals surface area contributed by atoms with Crippen LogP contribution in [0, 0.1) is 11.8 Å². The lowest BCUT2D eigenvalue weighted by molar-refractivity contribution is -0.0858. The Morgan fingerprint density at radius 1 is 1.38 bits per heavy atom. The van der Waals surface area contributed by atoms with Crippen molar-refractivity contribution in [1.29, 1.82) is 0 Å². The molecule has 0 bridgehead atoms. The van der Waals surface area contributed by atoms with Crippen molar-refractivity contribution in [3.8, 4) is 11.8 Å². The molecule has 0 radical (unpaired) electrons. The topological polar surface area (TPSA) is 70.0 Å². The molecule has 5 heteroatoms. The highest BCUT2D eigenvalue weighted by atomic mass is 16.5. The predicted molar refractivity (Wildman–Crippen MR) is 77.7 cm³/mol. The summed E-state index contributed by atoms with van der Waals surface area (Å²) in [4.78, 5) is 14.3. The van der Waals surface area contributed by atoms with E-state index in [0.29, 0.717) is 24.2 Å². The van der Waals surface area contributed by atoms with Crippen LogP contribution in [0.25, 0.3) is 0 Å². The van der Waals surface area contributed by atoms with E-state index in [2.05, 4.69) is 11.8 Å². The van der Waals surface area contributed by atoms with E-state index in [4.69, 9.17) is 9.84 Å². The van der Waals surface area contributed by atoms with Crippen molar-refractivity contribution >= 4 is 5.91 Å². The molecule has 5 nitrogen and oxygen atoms in total. The zero-order valence-corrected chi connectivity index (χ0v) is 12.0. The van der Waals surface area contributed by atoms with Crippen molar-refractivity contribution in [2.45, 2.75) is 19.1 Å². The second-order valence-electron chi connectivity index (χ2n) is 4.97. The van der Waals surface area contributed by atoms with Crippen LogP contribution in [-0.4, -0.2) is 59.5 Å². The Balaban J connectivity index is 2.23. The fraction of sp³-hybridized carbons (Fsp3) is 0.438. The molecule has 2 atom stereocenters. The highest BCUT2D eigenvalue weighted by Gasteiger charge is 2.29. The van der Waals surface area contributed by atoms with Gasteiger partial charge in [-0.1, -0.05) is 24.0 Å². The number of nitrogens with zero attached hydrogens (tertiary/aromatic N) is 1. The summed E-state index contributed by atoms with van der Waals surface area (Å²) in [6.45, 7) is 2.36. The summed E-state index contributed by atoms with van der Waals surface area (Å²) < 4.78 is 5.54. The fourth-order valence-corrected chi connectivity index (χ4v) is 2.40. The minimum absolute atomic E-state index is 0.111. The maximum absolute atomic E-state index is 12.6. The van der Waals surface area contributed by atoms with E-state index in [1.165, 1.54) is 0 Å². The van der Waals surface area contributed by atoms with Crippen LogP contribution >= 0.6 is 0 Å². The molecule has 1 heterocycles. The van der Waals surface area contributed by atoms with Gasteiger partial charge in [0.15, 0.2) is 0 Å². The Labute approximate surface area is 124 Å². The van der Waals surface area contributed by atoms with E-state index in [0.717, 1.165) is 0 Å². The lowest BCUT2D eigenvalue weighted by Gasteiger charge is -2.36. The lowest BCUT2D eigenvalue weighted by Crippen LogP contribution is -2.50. The molecule has 112 valence electrons. The lowest BCUT2D eigenvalue weighted by atomic mass is 10.1. The smallest absolute Gasteiger partial charge is 0.255 e. The van der Waals surface area contributed by atoms with Crippen LogP contribution in [0.5, 0.6) is 0 Å². The zero-order chi connectivity index (χ0) is 15.2. The van der Waals surface area contributed by atoms with Gasteiger partial charge in [-0.15, -0.1) is 0 Å². The molecule has 2 rings (SSSR count). The first-order valence-corrected chi connectivity index (χ1v) is 6.90. The second kappa shape index (κ2) is 7.23. The number of hydrogen-bond acceptors (Lipinski definition) is 4. The Bertz CT molecular complexity index is 561. The molecule has 21 heavy (non-hydrogen) atoms. The number of hydrogen-bond donors (Lipinski definition) is 2. The SMILES string of the molecule is CC1CN(C(=O)c2ccccc2C#CCO)CC(CO)O1. The summed E-state index contributed by atoms with van der Waals surface area (Å²) in [5, 5.41) is 18.0. The number of morpholine rings is 1. The van der Waals surface area contributed by atoms with Crippen LogP contribution in [-0.2, 0) is 4.74 Å². The van der Waals surface area contributed by atoms with Crippen molar-refractivity contribution in [2.24, 2.45) is 0 Å². The predicted octanol–water partition coefficient (Wildman–Crippen LogP) is 0.252. The molecule has 0 spiro atoms. The summed E-state index contributed by atoms with van der Waals surface area (Å²) in [5.74, 6) is 5.22. The van der Waals surface area contributed by atoms with Crippen molar-refractivity contribution in [1.82, 2.24) is 4.90 Å². The van der Waals surface area contributed by atoms with Crippen LogP contribution < -0.4 is 0 Å². The largest absolute Gasteiger partial charge is 0.394 e. The van der Waals surface area contributed by atoms with Crippen molar-refractivity contribution in [3.63, 3.8) is 0 Å². The van der Waals surface area contributed by atoms with Gasteiger partial charge in [-0.3, -0.25) is 4.79 Å². The summed E-state index contributed by atoms with van der Waals surface area (Å²) in [7, 11) is 0. The minimum Gasteiger partial charge on any atom is -0.394 e. The van der Waals surface area contributed by atoms with Crippen LogP contribution in [0.1, 0.15) is 22.8 Å². The molecule has 0 saturated carbocycles. The van der Waals surface area contributed by atoms with Gasteiger partial charge in [-0.2, -0.15) is 0 Å². The molecular weight excluding hydrogens is 270 g/mol. The third kappa shape index (κ3) is 3.82. The number of rotatable bonds is 2. The third-order valence-electron chi connectivity index (χ3n) is 3.28. The fourth-order valence-electron chi connectivity index (χ4n) is 2.40. The molecule has 1 amide bonds. The summed E-state index contributed by atoms with van der Waals surface area (Å²) in [6, 6.07) is 7.06. The quantitative estimate of drug-likeness (QED) is 0.766. The molecule has 2 unspecified atom stereocenters. The number of benzene rings is 1. The Kier molecular flexibility index (Phi) is 5.34. The zero-order valence-electron chi connectivity index (χ0n) is 12.0. The van der Waals surface area contributed by atoms with Gasteiger partial charge in [0.25, 0.3) is 5.91 Å². The first kappa shape index (κ1) is 15.5. The Morgan fingerprint density at radius 2 is 2.14 bits per heavy atom. The molecule has 2 N–H and O–H groups in total. The molecule has 1 aliphatic heterocycles. The normalized spacial score (nSPS) is 21.6. The Hall–Kier alpha value is -1.87. The standard InChI is InChI=1S/C16H19NO4/c1-12-9-17(10-14(11-19)21-12)16(20)15-7-3-2-5-13(15)6-4-8-18/h2-3,5,7,12,14,18-19H,8-11H2,1H3. The molecule has 1 saturated heterocycles. The molecular formula is C16H19NO4. The number of ether oxygens (including phenoxy) is 1. The van der Waals surface area contributed by atoms with E-state index in [9.17, 15) is 9.90 Å². The molecule has 1 aromatic carbocycles. The molecule has 0 aromatic heterocycles. The van der Waals surface area contributed by atoms with Crippen molar-refractivity contribution in [2.75, 3.05) is 26.3 Å². The number of aliphatic hydroxyl groups is 2. The van der Waals surface area contributed by atoms with E-state index in [-0.39, 0.29) is 31.3 Å². The van der Waals surface area contributed by atoms with Crippen LogP contribution in [0.2, 0.25) is 0 Å². The molecule has 0 aliphatic carbocycles. The van der Waals surface area contributed by atoms with E-state index in [1.54, 1.807) is 29.2 Å². The van der Waals surface area contributed by atoms with E-state index < -0.39 is 0 Å². The molecule has 1 fully saturated rings. The highest BCUT2D eigenvalue weighted by molar-refractivity contribution is 5.96. The number of amides is 1. The number of carbonyl (C=O) groups is 1. The monoisotopic (exact) mass is 289 g/mol. The van der Waals surface area contributed by atoms with Gasteiger partial charge in [0.1, 0.15) is 6.61 Å². The van der Waals surface area contributed by atoms with Gasteiger partial charge < -0.3 is 19.8 Å². The van der Waals surface area contributed by atoms with Gasteiger partial charge in [0.05, 0.1) is 24.4 Å². The first-order valence-electron chi connectivity index (χ1n) is 6.90. The summed E-state index contributed by atoms with van der Waals surface area (Å²) >= 11 is 0. The van der Waals surface area contributed by atoms with Crippen molar-refractivity contribution in [3.05, 3.63) is 35.4 Å². The van der Waals surface area contributed by atoms with E-state index in [1.807, 2.05) is 6.92 Å². The summed E-state index contributed by atoms with van der Waals surface area (Å²) in [6.07, 6.45) is -0.469. The van der Waals surface area contributed by atoms with Gasteiger partial charge in [-0.25, -0.2) is 0 Å². The molecule has 1 aromatic rings. The second-order valence-corrected chi connectivity index (χ2v) is 4.97. The number of aliphatic hydroxyl groups excluding tert-OH is 2. The van der Waals surface area contributed by atoms with Crippen LogP contribution in [0.3, 0.4) is 0 Å². The van der Waals surface area contributed by atoms with Gasteiger partial charge >= 0.3 is 0 Å². The highest BCUT2D eigenvalue weighted by Crippen LogP contribution is 2.16.